The molecule has 0 radical (unpaired) electrons. The number of hydrogen-bond acceptors (Lipinski definition) is 24. The molecule has 8 fully saturated rings. The highest BCUT2D eigenvalue weighted by Gasteiger charge is 2.79. The number of hydrogen-bond donors (Lipinski definition) is 9. The third-order valence-electron chi connectivity index (χ3n) is 19.4. The Labute approximate surface area is 465 Å². The highest BCUT2D eigenvalue weighted by Crippen LogP contribution is 2.76. The van der Waals surface area contributed by atoms with Crippen LogP contribution in [-0.2, 0) is 76.3 Å². The number of fused-ring (bicyclic) bond motifs is 4. The maximum absolute atomic E-state index is 14.6. The molecule has 0 aromatic rings. The van der Waals surface area contributed by atoms with Gasteiger partial charge in [0.15, 0.2) is 25.2 Å². The Morgan fingerprint density at radius 1 is 0.750 bits per heavy atom. The normalized spacial score (nSPS) is 49.2. The van der Waals surface area contributed by atoms with Crippen LogP contribution in [0, 0.1) is 39.4 Å². The molecule has 4 aliphatic carbocycles. The lowest BCUT2D eigenvalue weighted by molar-refractivity contribution is -0.373. The lowest BCUT2D eigenvalue weighted by Gasteiger charge is -2.63. The van der Waals surface area contributed by atoms with Gasteiger partial charge in [0, 0.05) is 19.4 Å². The summed E-state index contributed by atoms with van der Waals surface area (Å²) in [4.78, 5) is 27.3. The van der Waals surface area contributed by atoms with Gasteiger partial charge in [-0.1, -0.05) is 57.1 Å². The molecule has 5 heterocycles. The third-order valence-corrected chi connectivity index (χ3v) is 19.9. The average Bonchev–Trinajstić information content (AvgIpc) is 3.78. The van der Waals surface area contributed by atoms with Crippen LogP contribution in [0.5, 0.6) is 0 Å². The predicted molar refractivity (Wildman–Crippen MR) is 271 cm³/mol. The SMILES string of the molecule is CO[C@@H]1[C@@H](O)[C@H](O[C@@H]2[C@@H](O)[C@H](O[C@@H]3CO[C@@H](O[C@H]4[C@H](O[C@H]5CC[C@]6(C)[C@@H]7CC[C@]89C(=O)O[C@@](C)(/C=C\C=C(C)C)C8[C@@H](OC(C)=O)C[C@@]9(C)C7=CC[C@H]6C5(C)C)OC[C@@H](OS(=O)(=O)O)[C@@H]4O)[C@H](O)[C@H]3O)OC[C@H]2O)O[C@H](CO)[C@H]1O. The second kappa shape index (κ2) is 23.0. The second-order valence-electron chi connectivity index (χ2n) is 24.8. The van der Waals surface area contributed by atoms with E-state index in [1.165, 1.54) is 14.0 Å². The highest BCUT2D eigenvalue weighted by atomic mass is 32.3. The van der Waals surface area contributed by atoms with E-state index >= 15 is 0 Å². The molecular formula is C54H82O25S. The molecule has 0 aromatic carbocycles. The standard InChI is InChI=1S/C54H82O25S/c1-24(2)11-10-16-53(8)44-29(72-25(3)56)19-52(7)27-12-13-33-50(4,5)34(15-17-51(33,6)26(27)14-18-54(44,52)49(64)78-53)75-48-43(37(60)32(23-71-48)79-80(65,66)67)77-45-38(61)35(58)31(22-70-45)74-46-39(62)41(28(57)21-69-46)76-47-40(63)42(68-9)36(59)30(20-55)73-47/h10-12,16,26,28-48,55,57-63H,13-15,17-23H2,1-9H3,(H,65,66,67)/b16-10-/t26-,28-,29+,30-,31-,32-,33+,34+,35+,36-,37+,38-,39-,40-,41+,42+,43-,44?,45+,46+,47+,48+,51-,52+,53+,54-/m1/s1. The van der Waals surface area contributed by atoms with Gasteiger partial charge < -0.3 is 93.0 Å². The second-order valence-corrected chi connectivity index (χ2v) is 25.9. The number of rotatable bonds is 15. The van der Waals surface area contributed by atoms with Crippen LogP contribution in [0.3, 0.4) is 0 Å². The van der Waals surface area contributed by atoms with Gasteiger partial charge in [-0.05, 0) is 88.0 Å². The fourth-order valence-electron chi connectivity index (χ4n) is 15.6. The fourth-order valence-corrected chi connectivity index (χ4v) is 16.1. The molecule has 5 saturated heterocycles. The summed E-state index contributed by atoms with van der Waals surface area (Å²) in [6.07, 6.45) is -17.4. The van der Waals surface area contributed by atoms with Crippen LogP contribution in [0.25, 0.3) is 0 Å². The molecule has 80 heavy (non-hydrogen) atoms. The van der Waals surface area contributed by atoms with E-state index < -0.39 is 187 Å². The summed E-state index contributed by atoms with van der Waals surface area (Å²) in [5, 5.41) is 87.8. The summed E-state index contributed by atoms with van der Waals surface area (Å²) in [7, 11) is -3.95. The van der Waals surface area contributed by atoms with Crippen LogP contribution in [0.2, 0.25) is 0 Å². The number of methoxy groups -OCH3 is 1. The van der Waals surface area contributed by atoms with Gasteiger partial charge in [-0.25, -0.2) is 4.18 Å². The van der Waals surface area contributed by atoms with Crippen molar-refractivity contribution < 1.29 is 120 Å². The number of carbonyl (C=O) groups excluding carboxylic acids is 2. The van der Waals surface area contributed by atoms with E-state index in [4.69, 9.17) is 56.3 Å². The fraction of sp³-hybridized carbons (Fsp3) is 0.852. The topological polar surface area (TPSA) is 361 Å². The van der Waals surface area contributed by atoms with Crippen molar-refractivity contribution in [3.05, 3.63) is 35.5 Å². The Morgan fingerprint density at radius 2 is 1.40 bits per heavy atom. The van der Waals surface area contributed by atoms with Crippen LogP contribution in [0.1, 0.15) is 93.9 Å². The Morgan fingerprint density at radius 3 is 2.06 bits per heavy atom. The number of allylic oxidation sites excluding steroid dienone is 5. The number of ether oxygens (including phenoxy) is 11. The molecular weight excluding hydrogens is 1080 g/mol. The minimum absolute atomic E-state index is 0.0203. The molecule has 9 rings (SSSR count). The zero-order chi connectivity index (χ0) is 58.4. The van der Waals surface area contributed by atoms with Crippen molar-refractivity contribution in [2.45, 2.75) is 216 Å². The Bertz CT molecular complexity index is 2470. The summed E-state index contributed by atoms with van der Waals surface area (Å²) in [5.74, 6) is -1.14. The molecule has 3 saturated carbocycles. The van der Waals surface area contributed by atoms with Crippen molar-refractivity contribution in [1.29, 1.82) is 0 Å². The van der Waals surface area contributed by atoms with Crippen molar-refractivity contribution in [3.8, 4) is 0 Å². The van der Waals surface area contributed by atoms with Crippen LogP contribution < -0.4 is 0 Å². The van der Waals surface area contributed by atoms with Gasteiger partial charge >= 0.3 is 22.3 Å². The highest BCUT2D eigenvalue weighted by molar-refractivity contribution is 7.80. The van der Waals surface area contributed by atoms with Crippen LogP contribution in [0.15, 0.2) is 35.5 Å². The van der Waals surface area contributed by atoms with Crippen molar-refractivity contribution in [2.24, 2.45) is 39.4 Å². The molecule has 1 unspecified atom stereocenters. The molecule has 26 heteroatoms. The van der Waals surface area contributed by atoms with E-state index in [1.807, 2.05) is 39.0 Å². The number of aliphatic hydroxyl groups excluding tert-OH is 8. The van der Waals surface area contributed by atoms with Crippen molar-refractivity contribution in [1.82, 2.24) is 0 Å². The first kappa shape index (κ1) is 61.9. The molecule has 454 valence electrons. The van der Waals surface area contributed by atoms with Crippen molar-refractivity contribution in [2.75, 3.05) is 33.5 Å². The number of esters is 2. The Kier molecular flexibility index (Phi) is 17.8. The van der Waals surface area contributed by atoms with Gasteiger partial charge in [0.2, 0.25) is 0 Å². The predicted octanol–water partition coefficient (Wildman–Crippen LogP) is 0.00740. The molecule has 26 atom stereocenters. The summed E-state index contributed by atoms with van der Waals surface area (Å²) >= 11 is 0. The van der Waals surface area contributed by atoms with E-state index in [2.05, 4.69) is 33.8 Å². The van der Waals surface area contributed by atoms with Crippen molar-refractivity contribution in [3.63, 3.8) is 0 Å². The summed E-state index contributed by atoms with van der Waals surface area (Å²) in [6, 6.07) is 0. The van der Waals surface area contributed by atoms with Crippen LogP contribution >= 0.6 is 0 Å². The van der Waals surface area contributed by atoms with E-state index in [9.17, 15) is 63.4 Å². The van der Waals surface area contributed by atoms with E-state index in [0.29, 0.717) is 38.5 Å². The average molecular weight is 1160 g/mol. The molecule has 0 amide bonds. The minimum Gasteiger partial charge on any atom is -0.462 e. The lowest BCUT2D eigenvalue weighted by atomic mass is 9.41. The lowest BCUT2D eigenvalue weighted by Crippen LogP contribution is -2.64. The van der Waals surface area contributed by atoms with E-state index in [-0.39, 0.29) is 23.2 Å². The summed E-state index contributed by atoms with van der Waals surface area (Å²) < 4.78 is 103. The van der Waals surface area contributed by atoms with Gasteiger partial charge in [-0.2, -0.15) is 8.42 Å². The van der Waals surface area contributed by atoms with E-state index in [1.54, 1.807) is 0 Å². The number of carbonyl (C=O) groups is 2. The summed E-state index contributed by atoms with van der Waals surface area (Å²) in [6.45, 7) is 13.5. The van der Waals surface area contributed by atoms with Gasteiger partial charge in [0.1, 0.15) is 91.1 Å². The largest absolute Gasteiger partial charge is 0.462 e. The zero-order valence-corrected chi connectivity index (χ0v) is 47.4. The van der Waals surface area contributed by atoms with Crippen molar-refractivity contribution >= 4 is 22.3 Å². The number of aliphatic hydroxyl groups is 8. The van der Waals surface area contributed by atoms with Crippen LogP contribution in [0.4, 0.5) is 0 Å². The van der Waals surface area contributed by atoms with Gasteiger partial charge in [-0.3, -0.25) is 14.1 Å². The molecule has 1 spiro atoms. The Hall–Kier alpha value is -2.65. The first-order chi connectivity index (χ1) is 37.5. The smallest absolute Gasteiger partial charge is 0.397 e. The van der Waals surface area contributed by atoms with Gasteiger partial charge in [0.25, 0.3) is 0 Å². The Balaban J connectivity index is 0.900. The first-order valence-corrected chi connectivity index (χ1v) is 28.9. The quantitative estimate of drug-likeness (QED) is 0.0451. The number of cyclic esters (lactones) is 1. The molecule has 25 nitrogen and oxygen atoms in total. The van der Waals surface area contributed by atoms with E-state index in [0.717, 1.165) is 11.1 Å². The van der Waals surface area contributed by atoms with Gasteiger partial charge in [-0.15, -0.1) is 0 Å². The maximum atomic E-state index is 14.6. The molecule has 9 N–H and O–H groups in total. The third kappa shape index (κ3) is 10.8. The molecule has 0 bridgehead atoms. The van der Waals surface area contributed by atoms with Gasteiger partial charge in [0.05, 0.1) is 43.9 Å². The van der Waals surface area contributed by atoms with Crippen LogP contribution in [-0.4, -0.2) is 222 Å². The zero-order valence-electron chi connectivity index (χ0n) is 46.5. The minimum atomic E-state index is -5.15. The monoisotopic (exact) mass is 1160 g/mol. The maximum Gasteiger partial charge on any atom is 0.397 e. The molecule has 9 aliphatic rings. The summed E-state index contributed by atoms with van der Waals surface area (Å²) in [5.41, 5.74) is -1.40. The first-order valence-electron chi connectivity index (χ1n) is 27.6. The molecule has 5 aliphatic heterocycles. The molecule has 0 aromatic heterocycles.